The summed E-state index contributed by atoms with van der Waals surface area (Å²) < 4.78 is 5.35. The molecule has 0 spiro atoms. The third kappa shape index (κ3) is 4.92. The molecule has 0 unspecified atom stereocenters. The molecule has 120 valence electrons. The minimum Gasteiger partial charge on any atom is -0.481 e. The Morgan fingerprint density at radius 2 is 1.91 bits per heavy atom. The van der Waals surface area contributed by atoms with E-state index in [9.17, 15) is 9.59 Å². The molecular weight excluding hydrogens is 286 g/mol. The average Bonchev–Trinajstić information content (AvgIpc) is 2.54. The van der Waals surface area contributed by atoms with E-state index in [4.69, 9.17) is 9.84 Å². The van der Waals surface area contributed by atoms with Crippen molar-refractivity contribution in [2.45, 2.75) is 13.0 Å². The van der Waals surface area contributed by atoms with E-state index in [1.807, 2.05) is 24.3 Å². The molecule has 0 atom stereocenters. The molecule has 0 bridgehead atoms. The Morgan fingerprint density at radius 3 is 2.64 bits per heavy atom. The van der Waals surface area contributed by atoms with Crippen LogP contribution in [0.4, 0.5) is 10.5 Å². The van der Waals surface area contributed by atoms with Crippen LogP contribution >= 0.6 is 0 Å². The van der Waals surface area contributed by atoms with Gasteiger partial charge in [-0.1, -0.05) is 18.2 Å². The summed E-state index contributed by atoms with van der Waals surface area (Å²) in [5.41, 5.74) is 2.12. The van der Waals surface area contributed by atoms with Crippen LogP contribution in [0.25, 0.3) is 0 Å². The van der Waals surface area contributed by atoms with Crippen LogP contribution in [-0.2, 0) is 16.1 Å². The Kier molecular flexibility index (Phi) is 6.02. The number of hydrogen-bond donors (Lipinski definition) is 3. The van der Waals surface area contributed by atoms with Crippen LogP contribution in [0, 0.1) is 0 Å². The normalized spacial score (nSPS) is 14.5. The molecule has 0 aliphatic carbocycles. The predicted molar refractivity (Wildman–Crippen MR) is 82.0 cm³/mol. The van der Waals surface area contributed by atoms with Crippen molar-refractivity contribution in [1.29, 1.82) is 0 Å². The number of benzene rings is 1. The van der Waals surface area contributed by atoms with Crippen molar-refractivity contribution in [3.8, 4) is 0 Å². The average molecular weight is 307 g/mol. The SMILES string of the molecule is O=C(O)CCNC(=O)NCc1ccccc1N1CCOCC1. The molecule has 22 heavy (non-hydrogen) atoms. The van der Waals surface area contributed by atoms with Crippen LogP contribution in [-0.4, -0.2) is 50.0 Å². The molecular formula is C15H21N3O4. The summed E-state index contributed by atoms with van der Waals surface area (Å²) in [6.07, 6.45) is -0.0855. The van der Waals surface area contributed by atoms with Gasteiger partial charge in [0.05, 0.1) is 19.6 Å². The molecule has 7 nitrogen and oxygen atoms in total. The third-order valence-electron chi connectivity index (χ3n) is 3.41. The maximum absolute atomic E-state index is 11.6. The lowest BCUT2D eigenvalue weighted by Crippen LogP contribution is -2.38. The number of carboxylic acid groups (broad SMARTS) is 1. The standard InChI is InChI=1S/C15H21N3O4/c19-14(20)5-6-16-15(21)17-11-12-3-1-2-4-13(12)18-7-9-22-10-8-18/h1-4H,5-11H2,(H,19,20)(H2,16,17,21). The summed E-state index contributed by atoms with van der Waals surface area (Å²) in [5.74, 6) is -0.932. The van der Waals surface area contributed by atoms with E-state index in [1.54, 1.807) is 0 Å². The molecule has 1 heterocycles. The first kappa shape index (κ1) is 16.1. The zero-order valence-corrected chi connectivity index (χ0v) is 12.4. The lowest BCUT2D eigenvalue weighted by molar-refractivity contribution is -0.136. The van der Waals surface area contributed by atoms with Gasteiger partial charge < -0.3 is 25.4 Å². The number of carbonyl (C=O) groups excluding carboxylic acids is 1. The number of rotatable bonds is 6. The molecule has 0 aromatic heterocycles. The molecule has 1 aromatic rings. The zero-order valence-electron chi connectivity index (χ0n) is 12.4. The first-order valence-corrected chi connectivity index (χ1v) is 7.31. The topological polar surface area (TPSA) is 90.9 Å². The number of amides is 2. The molecule has 1 saturated heterocycles. The molecule has 0 saturated carbocycles. The van der Waals surface area contributed by atoms with Crippen molar-refractivity contribution in [3.63, 3.8) is 0 Å². The number of nitrogens with one attached hydrogen (secondary N) is 2. The van der Waals surface area contributed by atoms with Crippen molar-refractivity contribution in [1.82, 2.24) is 10.6 Å². The van der Waals surface area contributed by atoms with Crippen molar-refractivity contribution in [2.75, 3.05) is 37.7 Å². The Bertz CT molecular complexity index is 515. The Morgan fingerprint density at radius 1 is 1.18 bits per heavy atom. The first-order valence-electron chi connectivity index (χ1n) is 7.31. The van der Waals surface area contributed by atoms with Crippen molar-refractivity contribution in [3.05, 3.63) is 29.8 Å². The summed E-state index contributed by atoms with van der Waals surface area (Å²) in [4.78, 5) is 24.3. The summed E-state index contributed by atoms with van der Waals surface area (Å²) in [6, 6.07) is 7.55. The fourth-order valence-electron chi connectivity index (χ4n) is 2.29. The summed E-state index contributed by atoms with van der Waals surface area (Å²) in [5, 5.41) is 13.8. The van der Waals surface area contributed by atoms with Gasteiger partial charge in [0.25, 0.3) is 0 Å². The van der Waals surface area contributed by atoms with Gasteiger partial charge in [-0.3, -0.25) is 4.79 Å². The minimum atomic E-state index is -0.932. The molecule has 1 fully saturated rings. The van der Waals surface area contributed by atoms with Crippen LogP contribution in [0.1, 0.15) is 12.0 Å². The fourth-order valence-corrected chi connectivity index (χ4v) is 2.29. The van der Waals surface area contributed by atoms with E-state index in [1.165, 1.54) is 0 Å². The van der Waals surface area contributed by atoms with Gasteiger partial charge in [-0.05, 0) is 11.6 Å². The van der Waals surface area contributed by atoms with Crippen LogP contribution in [0.3, 0.4) is 0 Å². The van der Waals surface area contributed by atoms with Gasteiger partial charge >= 0.3 is 12.0 Å². The van der Waals surface area contributed by atoms with Crippen molar-refractivity contribution in [2.24, 2.45) is 0 Å². The van der Waals surface area contributed by atoms with E-state index in [0.717, 1.165) is 24.3 Å². The molecule has 7 heteroatoms. The number of ether oxygens (including phenoxy) is 1. The Balaban J connectivity index is 1.87. The number of anilines is 1. The predicted octanol–water partition coefficient (Wildman–Crippen LogP) is 0.797. The lowest BCUT2D eigenvalue weighted by Gasteiger charge is -2.30. The number of para-hydroxylation sites is 1. The van der Waals surface area contributed by atoms with E-state index in [0.29, 0.717) is 19.8 Å². The number of hydrogen-bond acceptors (Lipinski definition) is 4. The van der Waals surface area contributed by atoms with Gasteiger partial charge in [-0.2, -0.15) is 0 Å². The highest BCUT2D eigenvalue weighted by molar-refractivity contribution is 5.75. The van der Waals surface area contributed by atoms with E-state index >= 15 is 0 Å². The van der Waals surface area contributed by atoms with E-state index in [2.05, 4.69) is 15.5 Å². The van der Waals surface area contributed by atoms with Gasteiger partial charge in [-0.15, -0.1) is 0 Å². The van der Waals surface area contributed by atoms with E-state index < -0.39 is 5.97 Å². The summed E-state index contributed by atoms with van der Waals surface area (Å²) >= 11 is 0. The van der Waals surface area contributed by atoms with Gasteiger partial charge in [0.1, 0.15) is 0 Å². The second-order valence-corrected chi connectivity index (χ2v) is 4.98. The number of carbonyl (C=O) groups is 2. The third-order valence-corrected chi connectivity index (χ3v) is 3.41. The molecule has 1 aliphatic heterocycles. The second-order valence-electron chi connectivity index (χ2n) is 4.98. The highest BCUT2D eigenvalue weighted by Crippen LogP contribution is 2.21. The van der Waals surface area contributed by atoms with Crippen molar-refractivity contribution >= 4 is 17.7 Å². The minimum absolute atomic E-state index is 0.0855. The lowest BCUT2D eigenvalue weighted by atomic mass is 10.1. The van der Waals surface area contributed by atoms with Crippen LogP contribution in [0.2, 0.25) is 0 Å². The number of nitrogens with zero attached hydrogens (tertiary/aromatic N) is 1. The first-order chi connectivity index (χ1) is 10.7. The largest absolute Gasteiger partial charge is 0.481 e. The molecule has 2 rings (SSSR count). The fraction of sp³-hybridized carbons (Fsp3) is 0.467. The number of carboxylic acids is 1. The second kappa shape index (κ2) is 8.23. The highest BCUT2D eigenvalue weighted by atomic mass is 16.5. The molecule has 0 radical (unpaired) electrons. The Hall–Kier alpha value is -2.28. The van der Waals surface area contributed by atoms with Gasteiger partial charge in [-0.25, -0.2) is 4.79 Å². The molecule has 1 aromatic carbocycles. The maximum Gasteiger partial charge on any atom is 0.315 e. The number of aliphatic carboxylic acids is 1. The summed E-state index contributed by atoms with van der Waals surface area (Å²) in [6.45, 7) is 3.59. The Labute approximate surface area is 129 Å². The highest BCUT2D eigenvalue weighted by Gasteiger charge is 2.14. The molecule has 3 N–H and O–H groups in total. The molecule has 1 aliphatic rings. The van der Waals surface area contributed by atoms with Crippen LogP contribution < -0.4 is 15.5 Å². The van der Waals surface area contributed by atoms with E-state index in [-0.39, 0.29) is 19.0 Å². The smallest absolute Gasteiger partial charge is 0.315 e. The van der Waals surface area contributed by atoms with Gasteiger partial charge in [0, 0.05) is 31.9 Å². The molecule has 2 amide bonds. The maximum atomic E-state index is 11.6. The quantitative estimate of drug-likeness (QED) is 0.723. The van der Waals surface area contributed by atoms with Gasteiger partial charge in [0.2, 0.25) is 0 Å². The number of morpholine rings is 1. The van der Waals surface area contributed by atoms with Crippen molar-refractivity contribution < 1.29 is 19.4 Å². The van der Waals surface area contributed by atoms with Gasteiger partial charge in [0.15, 0.2) is 0 Å². The van der Waals surface area contributed by atoms with Crippen LogP contribution in [0.5, 0.6) is 0 Å². The summed E-state index contributed by atoms with van der Waals surface area (Å²) in [7, 11) is 0. The number of urea groups is 1. The van der Waals surface area contributed by atoms with Crippen LogP contribution in [0.15, 0.2) is 24.3 Å². The zero-order chi connectivity index (χ0) is 15.8. The monoisotopic (exact) mass is 307 g/mol.